The van der Waals surface area contributed by atoms with Crippen LogP contribution in [0.3, 0.4) is 0 Å². The van der Waals surface area contributed by atoms with Crippen molar-refractivity contribution in [2.75, 3.05) is 44.9 Å². The van der Waals surface area contributed by atoms with Crippen LogP contribution in [0.5, 0.6) is 0 Å². The third kappa shape index (κ3) is 6.85. The number of nitrogens with zero attached hydrogens (tertiary/aromatic N) is 2. The number of hydrogen-bond donors (Lipinski definition) is 3. The van der Waals surface area contributed by atoms with Crippen molar-refractivity contribution >= 4 is 34.5 Å². The van der Waals surface area contributed by atoms with E-state index in [2.05, 4.69) is 53.7 Å². The van der Waals surface area contributed by atoms with Crippen molar-refractivity contribution in [1.29, 1.82) is 0 Å². The van der Waals surface area contributed by atoms with E-state index in [1.165, 1.54) is 17.7 Å². The zero-order valence-electron chi connectivity index (χ0n) is 21.9. The number of carboxylic acids is 1. The molecule has 3 aromatic rings. The maximum absolute atomic E-state index is 13.9. The third-order valence-corrected chi connectivity index (χ3v) is 6.42. The molecule has 3 aromatic carbocycles. The maximum atomic E-state index is 13.9. The SMILES string of the molecule is CN(C)CCN(C)Cc1ccc(NC(=C2C(=O)Nc3cc(F)ccc32)c2cccc(CCC(=O)O)c2)cc1. The van der Waals surface area contributed by atoms with Crippen LogP contribution in [0.25, 0.3) is 11.3 Å². The van der Waals surface area contributed by atoms with Gasteiger partial charge in [0, 0.05) is 37.3 Å². The number of benzene rings is 3. The molecule has 1 aliphatic rings. The fraction of sp³-hybridized carbons (Fsp3) is 0.267. The number of fused-ring (bicyclic) bond motifs is 1. The number of carbonyl (C=O) groups is 2. The van der Waals surface area contributed by atoms with Crippen LogP contribution in [0.15, 0.2) is 66.7 Å². The highest BCUT2D eigenvalue weighted by molar-refractivity contribution is 6.37. The van der Waals surface area contributed by atoms with Crippen molar-refractivity contribution in [2.45, 2.75) is 19.4 Å². The molecule has 0 radical (unpaired) electrons. The lowest BCUT2D eigenvalue weighted by atomic mass is 9.97. The van der Waals surface area contributed by atoms with Crippen molar-refractivity contribution in [1.82, 2.24) is 9.80 Å². The third-order valence-electron chi connectivity index (χ3n) is 6.42. The van der Waals surface area contributed by atoms with Crippen LogP contribution in [0, 0.1) is 5.82 Å². The molecule has 0 saturated heterocycles. The Hall–Kier alpha value is -4.01. The average Bonchev–Trinajstić information content (AvgIpc) is 3.20. The van der Waals surface area contributed by atoms with Gasteiger partial charge in [0.2, 0.25) is 0 Å². The molecule has 0 spiro atoms. The summed E-state index contributed by atoms with van der Waals surface area (Å²) in [6, 6.07) is 19.8. The number of anilines is 2. The largest absolute Gasteiger partial charge is 0.481 e. The first-order valence-corrected chi connectivity index (χ1v) is 12.6. The van der Waals surface area contributed by atoms with E-state index in [0.29, 0.717) is 28.9 Å². The molecule has 0 aliphatic carbocycles. The van der Waals surface area contributed by atoms with Crippen molar-refractivity contribution in [3.05, 3.63) is 94.8 Å². The molecule has 1 aliphatic heterocycles. The molecular formula is C30H33FN4O3. The Bertz CT molecular complexity index is 1350. The molecule has 8 heteroatoms. The molecule has 198 valence electrons. The highest BCUT2D eigenvalue weighted by atomic mass is 19.1. The molecule has 0 atom stereocenters. The Morgan fingerprint density at radius 1 is 0.974 bits per heavy atom. The molecule has 0 bridgehead atoms. The maximum Gasteiger partial charge on any atom is 0.303 e. The number of hydrogen-bond acceptors (Lipinski definition) is 5. The highest BCUT2D eigenvalue weighted by Gasteiger charge is 2.29. The Labute approximate surface area is 222 Å². The Kier molecular flexibility index (Phi) is 8.55. The number of amides is 1. The van der Waals surface area contributed by atoms with E-state index in [-0.39, 0.29) is 12.3 Å². The lowest BCUT2D eigenvalue weighted by Crippen LogP contribution is -2.28. The number of aryl methyl sites for hydroxylation is 1. The summed E-state index contributed by atoms with van der Waals surface area (Å²) in [6.45, 7) is 2.75. The number of likely N-dealkylation sites (N-methyl/N-ethyl adjacent to an activating group) is 2. The topological polar surface area (TPSA) is 84.9 Å². The Balaban J connectivity index is 1.67. The summed E-state index contributed by atoms with van der Waals surface area (Å²) in [5.74, 6) is -1.63. The van der Waals surface area contributed by atoms with Crippen molar-refractivity contribution in [3.8, 4) is 0 Å². The van der Waals surface area contributed by atoms with Crippen molar-refractivity contribution < 1.29 is 19.1 Å². The van der Waals surface area contributed by atoms with Gasteiger partial charge in [-0.1, -0.05) is 30.3 Å². The molecule has 38 heavy (non-hydrogen) atoms. The predicted octanol–water partition coefficient (Wildman–Crippen LogP) is 4.77. The van der Waals surface area contributed by atoms with Gasteiger partial charge >= 0.3 is 5.97 Å². The van der Waals surface area contributed by atoms with Crippen molar-refractivity contribution in [2.24, 2.45) is 0 Å². The number of aliphatic carboxylic acids is 1. The molecule has 4 rings (SSSR count). The number of carboxylic acid groups (broad SMARTS) is 1. The van der Waals surface area contributed by atoms with E-state index in [9.17, 15) is 14.0 Å². The molecule has 0 aromatic heterocycles. The van der Waals surface area contributed by atoms with Gasteiger partial charge in [0.25, 0.3) is 5.91 Å². The van der Waals surface area contributed by atoms with E-state index in [1.54, 1.807) is 6.07 Å². The molecule has 1 heterocycles. The predicted molar refractivity (Wildman–Crippen MR) is 149 cm³/mol. The smallest absolute Gasteiger partial charge is 0.303 e. The monoisotopic (exact) mass is 516 g/mol. The minimum atomic E-state index is -0.870. The molecule has 7 nitrogen and oxygen atoms in total. The van der Waals surface area contributed by atoms with E-state index in [1.807, 2.05) is 36.4 Å². The first-order valence-electron chi connectivity index (χ1n) is 12.6. The summed E-state index contributed by atoms with van der Waals surface area (Å²) in [6.07, 6.45) is 0.381. The molecule has 0 saturated carbocycles. The fourth-order valence-corrected chi connectivity index (χ4v) is 4.41. The first-order chi connectivity index (χ1) is 18.2. The van der Waals surface area contributed by atoms with Gasteiger partial charge in [0.15, 0.2) is 0 Å². The van der Waals surface area contributed by atoms with Crippen LogP contribution < -0.4 is 10.6 Å². The Morgan fingerprint density at radius 3 is 2.45 bits per heavy atom. The van der Waals surface area contributed by atoms with Crippen molar-refractivity contribution in [3.63, 3.8) is 0 Å². The normalized spacial score (nSPS) is 14.0. The number of carbonyl (C=O) groups excluding carboxylic acids is 1. The molecule has 1 amide bonds. The summed E-state index contributed by atoms with van der Waals surface area (Å²) in [7, 11) is 6.21. The average molecular weight is 517 g/mol. The molecule has 0 fully saturated rings. The van der Waals surface area contributed by atoms with Crippen LogP contribution in [0.2, 0.25) is 0 Å². The highest BCUT2D eigenvalue weighted by Crippen LogP contribution is 2.38. The second-order valence-electron chi connectivity index (χ2n) is 9.85. The van der Waals surface area contributed by atoms with Crippen LogP contribution in [0.1, 0.15) is 28.7 Å². The number of rotatable bonds is 11. The zero-order chi connectivity index (χ0) is 27.2. The standard InChI is InChI=1S/C30H33FN4O3/c1-34(2)15-16-35(3)19-21-7-11-24(12-8-21)32-29(22-6-4-5-20(17-22)9-14-27(36)37)28-25-13-10-23(31)18-26(25)33-30(28)38/h4-8,10-13,17-18,32H,9,14-16,19H2,1-3H3,(H,33,38)(H,36,37). The first kappa shape index (κ1) is 27.0. The van der Waals surface area contributed by atoms with Gasteiger partial charge in [0.1, 0.15) is 5.82 Å². The van der Waals surface area contributed by atoms with Crippen LogP contribution in [-0.2, 0) is 22.6 Å². The summed E-state index contributed by atoms with van der Waals surface area (Å²) in [4.78, 5) is 28.6. The lowest BCUT2D eigenvalue weighted by Gasteiger charge is -2.20. The van der Waals surface area contributed by atoms with Gasteiger partial charge in [-0.05, 0) is 80.7 Å². The van der Waals surface area contributed by atoms with Gasteiger partial charge in [-0.25, -0.2) is 4.39 Å². The number of halogens is 1. The quantitative estimate of drug-likeness (QED) is 0.319. The molecular weight excluding hydrogens is 483 g/mol. The minimum Gasteiger partial charge on any atom is -0.481 e. The lowest BCUT2D eigenvalue weighted by molar-refractivity contribution is -0.137. The van der Waals surface area contributed by atoms with Crippen LogP contribution in [-0.4, -0.2) is 61.0 Å². The van der Waals surface area contributed by atoms with Gasteiger partial charge < -0.3 is 25.5 Å². The second-order valence-corrected chi connectivity index (χ2v) is 9.85. The Morgan fingerprint density at radius 2 is 1.74 bits per heavy atom. The number of nitrogens with one attached hydrogen (secondary N) is 2. The zero-order valence-corrected chi connectivity index (χ0v) is 21.9. The second kappa shape index (κ2) is 12.0. The van der Waals surface area contributed by atoms with E-state index >= 15 is 0 Å². The molecule has 0 unspecified atom stereocenters. The van der Waals surface area contributed by atoms with Crippen LogP contribution >= 0.6 is 0 Å². The summed E-state index contributed by atoms with van der Waals surface area (Å²) in [5.41, 5.74) is 5.55. The minimum absolute atomic E-state index is 0.00976. The van der Waals surface area contributed by atoms with E-state index in [0.717, 1.165) is 36.4 Å². The van der Waals surface area contributed by atoms with E-state index < -0.39 is 11.8 Å². The van der Waals surface area contributed by atoms with Gasteiger partial charge in [0.05, 0.1) is 17.0 Å². The van der Waals surface area contributed by atoms with Gasteiger partial charge in [-0.3, -0.25) is 9.59 Å². The summed E-state index contributed by atoms with van der Waals surface area (Å²) in [5, 5.41) is 15.3. The molecule has 3 N–H and O–H groups in total. The summed E-state index contributed by atoms with van der Waals surface area (Å²) >= 11 is 0. The van der Waals surface area contributed by atoms with Crippen LogP contribution in [0.4, 0.5) is 15.8 Å². The van der Waals surface area contributed by atoms with E-state index in [4.69, 9.17) is 5.11 Å². The van der Waals surface area contributed by atoms with Gasteiger partial charge in [-0.15, -0.1) is 0 Å². The summed E-state index contributed by atoms with van der Waals surface area (Å²) < 4.78 is 13.9. The van der Waals surface area contributed by atoms with Gasteiger partial charge in [-0.2, -0.15) is 0 Å². The fourth-order valence-electron chi connectivity index (χ4n) is 4.41.